The van der Waals surface area contributed by atoms with Gasteiger partial charge in [-0.1, -0.05) is 26.2 Å². The van der Waals surface area contributed by atoms with Gasteiger partial charge in [-0.3, -0.25) is 4.79 Å². The number of hydrogen-bond donors (Lipinski definition) is 2. The molecule has 18 heavy (non-hydrogen) atoms. The van der Waals surface area contributed by atoms with Crippen molar-refractivity contribution in [3.05, 3.63) is 29.8 Å². The van der Waals surface area contributed by atoms with Crippen LogP contribution in [0.5, 0.6) is 0 Å². The predicted octanol–water partition coefficient (Wildman–Crippen LogP) is 3.20. The Labute approximate surface area is 108 Å². The van der Waals surface area contributed by atoms with Gasteiger partial charge in [-0.25, -0.2) is 4.79 Å². The second kappa shape index (κ2) is 8.28. The molecule has 98 valence electrons. The molecular weight excluding hydrogens is 228 g/mol. The van der Waals surface area contributed by atoms with Gasteiger partial charge in [0, 0.05) is 17.8 Å². The van der Waals surface area contributed by atoms with Crippen molar-refractivity contribution in [2.75, 3.05) is 11.9 Å². The zero-order valence-corrected chi connectivity index (χ0v) is 10.7. The van der Waals surface area contributed by atoms with E-state index in [-0.39, 0.29) is 6.03 Å². The van der Waals surface area contributed by atoms with E-state index in [0.29, 0.717) is 17.8 Å². The summed E-state index contributed by atoms with van der Waals surface area (Å²) < 4.78 is 0. The van der Waals surface area contributed by atoms with Crippen molar-refractivity contribution in [3.8, 4) is 0 Å². The molecule has 0 unspecified atom stereocenters. The molecule has 4 nitrogen and oxygen atoms in total. The molecule has 2 N–H and O–H groups in total. The van der Waals surface area contributed by atoms with Gasteiger partial charge in [-0.15, -0.1) is 0 Å². The maximum Gasteiger partial charge on any atom is 0.319 e. The van der Waals surface area contributed by atoms with Crippen molar-refractivity contribution in [1.82, 2.24) is 5.32 Å². The SMILES string of the molecule is CCCCCCNC(=O)Nc1ccc(C=O)cc1. The summed E-state index contributed by atoms with van der Waals surface area (Å²) in [7, 11) is 0. The van der Waals surface area contributed by atoms with E-state index in [2.05, 4.69) is 17.6 Å². The van der Waals surface area contributed by atoms with E-state index in [1.54, 1.807) is 24.3 Å². The number of hydrogen-bond acceptors (Lipinski definition) is 2. The molecule has 1 aromatic carbocycles. The molecule has 0 heterocycles. The third kappa shape index (κ3) is 5.48. The summed E-state index contributed by atoms with van der Waals surface area (Å²) in [5.74, 6) is 0. The standard InChI is InChI=1S/C14H20N2O2/c1-2-3-4-5-10-15-14(18)16-13-8-6-12(11-17)7-9-13/h6-9,11H,2-5,10H2,1H3,(H2,15,16,18). The molecule has 0 saturated carbocycles. The first kappa shape index (κ1) is 14.2. The first-order valence-electron chi connectivity index (χ1n) is 6.36. The number of carbonyl (C=O) groups is 2. The lowest BCUT2D eigenvalue weighted by Crippen LogP contribution is -2.29. The zero-order valence-electron chi connectivity index (χ0n) is 10.7. The van der Waals surface area contributed by atoms with Crippen molar-refractivity contribution < 1.29 is 9.59 Å². The van der Waals surface area contributed by atoms with Crippen LogP contribution in [0.3, 0.4) is 0 Å². The molecule has 1 aromatic rings. The Morgan fingerprint density at radius 2 is 1.89 bits per heavy atom. The molecule has 0 fully saturated rings. The third-order valence-corrected chi connectivity index (χ3v) is 2.62. The van der Waals surface area contributed by atoms with Crippen molar-refractivity contribution in [1.29, 1.82) is 0 Å². The topological polar surface area (TPSA) is 58.2 Å². The summed E-state index contributed by atoms with van der Waals surface area (Å²) in [4.78, 5) is 22.0. The van der Waals surface area contributed by atoms with Gasteiger partial charge in [-0.05, 0) is 30.7 Å². The summed E-state index contributed by atoms with van der Waals surface area (Å²) >= 11 is 0. The minimum atomic E-state index is -0.203. The van der Waals surface area contributed by atoms with Crippen LogP contribution in [0, 0.1) is 0 Å². The molecular formula is C14H20N2O2. The average Bonchev–Trinajstić information content (AvgIpc) is 2.39. The molecule has 1 rings (SSSR count). The number of nitrogens with one attached hydrogen (secondary N) is 2. The van der Waals surface area contributed by atoms with Gasteiger partial charge in [0.05, 0.1) is 0 Å². The number of aldehydes is 1. The van der Waals surface area contributed by atoms with Crippen molar-refractivity contribution in [2.45, 2.75) is 32.6 Å². The molecule has 0 atom stereocenters. The van der Waals surface area contributed by atoms with E-state index in [4.69, 9.17) is 0 Å². The van der Waals surface area contributed by atoms with Crippen LogP contribution in [0.1, 0.15) is 43.0 Å². The van der Waals surface area contributed by atoms with Crippen LogP contribution in [-0.2, 0) is 0 Å². The van der Waals surface area contributed by atoms with Crippen molar-refractivity contribution in [3.63, 3.8) is 0 Å². The van der Waals surface area contributed by atoms with Crippen LogP contribution < -0.4 is 10.6 Å². The monoisotopic (exact) mass is 248 g/mol. The Balaban J connectivity index is 2.24. The van der Waals surface area contributed by atoms with Crippen LogP contribution in [0.25, 0.3) is 0 Å². The molecule has 2 amide bonds. The van der Waals surface area contributed by atoms with Gasteiger partial charge < -0.3 is 10.6 Å². The molecule has 0 aromatic heterocycles. The minimum absolute atomic E-state index is 0.203. The van der Waals surface area contributed by atoms with Gasteiger partial charge in [0.25, 0.3) is 0 Å². The molecule has 0 radical (unpaired) electrons. The van der Waals surface area contributed by atoms with Crippen molar-refractivity contribution in [2.24, 2.45) is 0 Å². The van der Waals surface area contributed by atoms with E-state index >= 15 is 0 Å². The number of unbranched alkanes of at least 4 members (excludes halogenated alkanes) is 3. The van der Waals surface area contributed by atoms with Gasteiger partial charge in [0.2, 0.25) is 0 Å². The fraction of sp³-hybridized carbons (Fsp3) is 0.429. The Kier molecular flexibility index (Phi) is 6.54. The first-order valence-corrected chi connectivity index (χ1v) is 6.36. The second-order valence-electron chi connectivity index (χ2n) is 4.18. The first-order chi connectivity index (χ1) is 8.76. The largest absolute Gasteiger partial charge is 0.338 e. The van der Waals surface area contributed by atoms with E-state index in [9.17, 15) is 9.59 Å². The average molecular weight is 248 g/mol. The predicted molar refractivity (Wildman–Crippen MR) is 73.0 cm³/mol. The van der Waals surface area contributed by atoms with Crippen LogP contribution in [0.2, 0.25) is 0 Å². The lowest BCUT2D eigenvalue weighted by Gasteiger charge is -2.07. The quantitative estimate of drug-likeness (QED) is 0.575. The molecule has 0 aliphatic rings. The molecule has 4 heteroatoms. The zero-order chi connectivity index (χ0) is 13.2. The van der Waals surface area contributed by atoms with E-state index in [0.717, 1.165) is 19.1 Å². The smallest absolute Gasteiger partial charge is 0.319 e. The fourth-order valence-electron chi connectivity index (χ4n) is 1.57. The maximum absolute atomic E-state index is 11.5. The van der Waals surface area contributed by atoms with Gasteiger partial charge >= 0.3 is 6.03 Å². The number of carbonyl (C=O) groups excluding carboxylic acids is 2. The summed E-state index contributed by atoms with van der Waals surface area (Å²) in [5, 5.41) is 5.52. The number of urea groups is 1. The van der Waals surface area contributed by atoms with E-state index in [1.165, 1.54) is 12.8 Å². The van der Waals surface area contributed by atoms with Crippen molar-refractivity contribution >= 4 is 18.0 Å². The van der Waals surface area contributed by atoms with Crippen LogP contribution in [0.4, 0.5) is 10.5 Å². The Hall–Kier alpha value is -1.84. The minimum Gasteiger partial charge on any atom is -0.338 e. The van der Waals surface area contributed by atoms with Crippen LogP contribution in [-0.4, -0.2) is 18.9 Å². The summed E-state index contributed by atoms with van der Waals surface area (Å²) in [6.45, 7) is 2.85. The molecule has 0 saturated heterocycles. The maximum atomic E-state index is 11.5. The Morgan fingerprint density at radius 3 is 2.50 bits per heavy atom. The van der Waals surface area contributed by atoms with Crippen LogP contribution >= 0.6 is 0 Å². The van der Waals surface area contributed by atoms with Crippen LogP contribution in [0.15, 0.2) is 24.3 Å². The lowest BCUT2D eigenvalue weighted by molar-refractivity contribution is 0.112. The third-order valence-electron chi connectivity index (χ3n) is 2.62. The van der Waals surface area contributed by atoms with Gasteiger partial charge in [-0.2, -0.15) is 0 Å². The summed E-state index contributed by atoms with van der Waals surface area (Å²) in [6, 6.07) is 6.56. The Morgan fingerprint density at radius 1 is 1.17 bits per heavy atom. The second-order valence-corrected chi connectivity index (χ2v) is 4.18. The summed E-state index contributed by atoms with van der Waals surface area (Å²) in [5.41, 5.74) is 1.28. The Bertz CT molecular complexity index is 374. The normalized spacial score (nSPS) is 9.83. The summed E-state index contributed by atoms with van der Waals surface area (Å²) in [6.07, 6.45) is 5.32. The molecule has 0 aliphatic heterocycles. The lowest BCUT2D eigenvalue weighted by atomic mass is 10.2. The number of rotatable bonds is 7. The highest BCUT2D eigenvalue weighted by Crippen LogP contribution is 2.07. The van der Waals surface area contributed by atoms with E-state index in [1.807, 2.05) is 0 Å². The van der Waals surface area contributed by atoms with E-state index < -0.39 is 0 Å². The molecule has 0 bridgehead atoms. The molecule has 0 aliphatic carbocycles. The fourth-order valence-corrected chi connectivity index (χ4v) is 1.57. The highest BCUT2D eigenvalue weighted by Gasteiger charge is 2.00. The highest BCUT2D eigenvalue weighted by molar-refractivity contribution is 5.89. The molecule has 0 spiro atoms. The number of amides is 2. The van der Waals surface area contributed by atoms with Gasteiger partial charge in [0.1, 0.15) is 6.29 Å². The number of benzene rings is 1. The van der Waals surface area contributed by atoms with Gasteiger partial charge in [0.15, 0.2) is 0 Å². The highest BCUT2D eigenvalue weighted by atomic mass is 16.2. The number of anilines is 1.